The molecule has 3 aromatic carbocycles. The molecule has 1 unspecified atom stereocenters. The van der Waals surface area contributed by atoms with Gasteiger partial charge in [0.15, 0.2) is 0 Å². The number of aryl methyl sites for hydroxylation is 2. The molecule has 4 heteroatoms. The highest BCUT2D eigenvalue weighted by atomic mass is 28.4. The zero-order chi connectivity index (χ0) is 33.7. The summed E-state index contributed by atoms with van der Waals surface area (Å²) < 4.78 is 7.25. The topological polar surface area (TPSA) is 15.7 Å². The second-order valence-corrected chi connectivity index (χ2v) is 19.1. The van der Waals surface area contributed by atoms with Gasteiger partial charge in [-0.15, -0.1) is 0 Å². The van der Waals surface area contributed by atoms with Crippen LogP contribution >= 0.6 is 0 Å². The molecule has 3 nitrogen and oxygen atoms in total. The molecule has 0 spiro atoms. The molecule has 1 aliphatic carbocycles. The van der Waals surface area contributed by atoms with Gasteiger partial charge in [-0.2, -0.15) is 0 Å². The zero-order valence-corrected chi connectivity index (χ0v) is 31.4. The van der Waals surface area contributed by atoms with Crippen LogP contribution in [0.25, 0.3) is 0 Å². The van der Waals surface area contributed by atoms with Crippen molar-refractivity contribution in [2.45, 2.75) is 98.2 Å². The number of rotatable bonds is 8. The summed E-state index contributed by atoms with van der Waals surface area (Å²) >= 11 is 0. The molecule has 47 heavy (non-hydrogen) atoms. The van der Waals surface area contributed by atoms with Gasteiger partial charge >= 0.3 is 0 Å². The second kappa shape index (κ2) is 12.4. The van der Waals surface area contributed by atoms with Gasteiger partial charge < -0.3 is 14.2 Å². The number of nitrogens with zero attached hydrogens (tertiary/aromatic N) is 2. The van der Waals surface area contributed by atoms with Crippen LogP contribution in [0.1, 0.15) is 76.6 Å². The Morgan fingerprint density at radius 1 is 0.809 bits per heavy atom. The molecule has 3 aromatic rings. The Morgan fingerprint density at radius 3 is 2.13 bits per heavy atom. The molecular weight excluding hydrogens is 589 g/mol. The summed E-state index contributed by atoms with van der Waals surface area (Å²) in [5, 5.41) is 1.32. The lowest BCUT2D eigenvalue weighted by atomic mass is 9.79. The fourth-order valence-corrected chi connectivity index (χ4v) is 10.0. The number of likely N-dealkylation sites (N-methyl/N-ethyl adjacent to an activating group) is 2. The normalized spacial score (nSPS) is 21.8. The smallest absolute Gasteiger partial charge is 0.276 e. The number of allylic oxidation sites excluding steroid dienone is 6. The quantitative estimate of drug-likeness (QED) is 0.228. The molecule has 1 atom stereocenters. The lowest BCUT2D eigenvalue weighted by molar-refractivity contribution is 0.438. The van der Waals surface area contributed by atoms with Crippen LogP contribution in [0.3, 0.4) is 0 Å². The minimum Gasteiger partial charge on any atom is -0.539 e. The van der Waals surface area contributed by atoms with Crippen molar-refractivity contribution in [1.82, 2.24) is 0 Å². The van der Waals surface area contributed by atoms with E-state index in [2.05, 4.69) is 169 Å². The third kappa shape index (κ3) is 5.84. The summed E-state index contributed by atoms with van der Waals surface area (Å²) in [4.78, 5) is 5.07. The van der Waals surface area contributed by atoms with Gasteiger partial charge in [-0.3, -0.25) is 0 Å². The van der Waals surface area contributed by atoms with E-state index in [9.17, 15) is 0 Å². The first-order chi connectivity index (χ1) is 22.3. The van der Waals surface area contributed by atoms with Gasteiger partial charge in [0.2, 0.25) is 0 Å². The third-order valence-corrected chi connectivity index (χ3v) is 13.4. The SMILES string of the molecule is CCN1/C(=C/C=C2\CCC(/C=C/C3N(CC)c4ccc(C)cc4C3(C)C)=C2O[Si](C)(C)c2ccccc2)C(C)(C)c2cc(C)ccc21. The molecule has 246 valence electrons. The van der Waals surface area contributed by atoms with Crippen LogP contribution in [0.2, 0.25) is 13.1 Å². The number of anilines is 2. The Kier molecular flexibility index (Phi) is 8.72. The molecule has 0 radical (unpaired) electrons. The van der Waals surface area contributed by atoms with E-state index < -0.39 is 8.32 Å². The number of fused-ring (bicyclic) bond motifs is 2. The summed E-state index contributed by atoms with van der Waals surface area (Å²) in [5.74, 6) is 1.10. The summed E-state index contributed by atoms with van der Waals surface area (Å²) in [6.07, 6.45) is 11.6. The first-order valence-corrected chi connectivity index (χ1v) is 20.5. The molecule has 0 aromatic heterocycles. The van der Waals surface area contributed by atoms with Gasteiger partial charge in [0.1, 0.15) is 5.76 Å². The molecule has 2 aliphatic heterocycles. The van der Waals surface area contributed by atoms with Crippen LogP contribution < -0.4 is 15.0 Å². The molecule has 0 saturated heterocycles. The number of hydrogen-bond acceptors (Lipinski definition) is 3. The van der Waals surface area contributed by atoms with Crippen LogP contribution in [-0.4, -0.2) is 27.4 Å². The Balaban J connectivity index is 1.41. The summed E-state index contributed by atoms with van der Waals surface area (Å²) in [5.41, 5.74) is 12.2. The van der Waals surface area contributed by atoms with Gasteiger partial charge in [-0.25, -0.2) is 0 Å². The largest absolute Gasteiger partial charge is 0.539 e. The van der Waals surface area contributed by atoms with E-state index in [4.69, 9.17) is 4.43 Å². The Bertz CT molecular complexity index is 1790. The van der Waals surface area contributed by atoms with Crippen molar-refractivity contribution in [3.8, 4) is 0 Å². The van der Waals surface area contributed by atoms with E-state index >= 15 is 0 Å². The second-order valence-electron chi connectivity index (χ2n) is 15.3. The zero-order valence-electron chi connectivity index (χ0n) is 30.4. The van der Waals surface area contributed by atoms with Crippen molar-refractivity contribution < 1.29 is 4.43 Å². The van der Waals surface area contributed by atoms with Crippen molar-refractivity contribution in [2.75, 3.05) is 22.9 Å². The van der Waals surface area contributed by atoms with E-state index in [0.29, 0.717) is 0 Å². The highest BCUT2D eigenvalue weighted by molar-refractivity contribution is 6.84. The summed E-state index contributed by atoms with van der Waals surface area (Å²) in [7, 11) is -2.24. The highest BCUT2D eigenvalue weighted by Gasteiger charge is 2.43. The molecule has 0 N–H and O–H groups in total. The van der Waals surface area contributed by atoms with Crippen molar-refractivity contribution in [1.29, 1.82) is 0 Å². The molecular formula is C43H54N2OSi. The lowest BCUT2D eigenvalue weighted by Crippen LogP contribution is -2.44. The molecule has 3 aliphatic rings. The van der Waals surface area contributed by atoms with Gasteiger partial charge in [0, 0.05) is 41.0 Å². The summed E-state index contributed by atoms with van der Waals surface area (Å²) in [6, 6.07) is 25.0. The van der Waals surface area contributed by atoms with Gasteiger partial charge in [-0.05, 0) is 99.3 Å². The molecule has 0 amide bonds. The Labute approximate surface area is 285 Å². The maximum atomic E-state index is 7.25. The maximum absolute atomic E-state index is 7.25. The van der Waals surface area contributed by atoms with Crippen LogP contribution in [0.4, 0.5) is 11.4 Å². The van der Waals surface area contributed by atoms with Crippen molar-refractivity contribution in [2.24, 2.45) is 0 Å². The average molecular weight is 643 g/mol. The third-order valence-electron chi connectivity index (χ3n) is 10.9. The maximum Gasteiger partial charge on any atom is 0.276 e. The fourth-order valence-electron chi connectivity index (χ4n) is 8.15. The molecule has 6 rings (SSSR count). The van der Waals surface area contributed by atoms with E-state index in [1.165, 1.54) is 55.7 Å². The Morgan fingerprint density at radius 2 is 1.47 bits per heavy atom. The lowest BCUT2D eigenvalue weighted by Gasteiger charge is -2.32. The van der Waals surface area contributed by atoms with Crippen molar-refractivity contribution in [3.63, 3.8) is 0 Å². The molecule has 0 bridgehead atoms. The predicted octanol–water partition coefficient (Wildman–Crippen LogP) is 10.2. The minimum absolute atomic E-state index is 0.0141. The molecule has 0 fully saturated rings. The Hall–Kier alpha value is -3.76. The van der Waals surface area contributed by atoms with Crippen molar-refractivity contribution >= 4 is 24.9 Å². The predicted molar refractivity (Wildman–Crippen MR) is 204 cm³/mol. The fraction of sp³-hybridized carbons (Fsp3) is 0.395. The van der Waals surface area contributed by atoms with Crippen LogP contribution in [0.5, 0.6) is 0 Å². The first-order valence-electron chi connectivity index (χ1n) is 17.6. The van der Waals surface area contributed by atoms with E-state index in [-0.39, 0.29) is 16.9 Å². The van der Waals surface area contributed by atoms with Gasteiger partial charge in [0.05, 0.1) is 6.04 Å². The van der Waals surface area contributed by atoms with Crippen LogP contribution in [-0.2, 0) is 15.3 Å². The molecule has 2 heterocycles. The standard InChI is InChI=1S/C43H54N2OSi/c1-11-44-37-24-18-30(3)28-35(37)42(5,6)39(44)26-22-32-20-21-33(41(32)46-47(9,10)34-16-14-13-15-17-34)23-27-40-43(7,8)36-29-31(4)19-25-38(36)45(40)12-2/h13-19,22-29,39H,11-12,20-21H2,1-10H3/b26-22+,33-23+,40-27+. The van der Waals surface area contributed by atoms with E-state index in [1.807, 2.05) is 0 Å². The van der Waals surface area contributed by atoms with E-state index in [1.54, 1.807) is 0 Å². The monoisotopic (exact) mass is 642 g/mol. The number of benzene rings is 3. The minimum atomic E-state index is -2.24. The van der Waals surface area contributed by atoms with Crippen LogP contribution in [0.15, 0.2) is 114 Å². The highest BCUT2D eigenvalue weighted by Crippen LogP contribution is 2.49. The van der Waals surface area contributed by atoms with Gasteiger partial charge in [0.25, 0.3) is 8.32 Å². The first kappa shape index (κ1) is 33.1. The van der Waals surface area contributed by atoms with E-state index in [0.717, 1.165) is 31.7 Å². The van der Waals surface area contributed by atoms with Gasteiger partial charge in [-0.1, -0.05) is 112 Å². The van der Waals surface area contributed by atoms with Crippen LogP contribution in [0, 0.1) is 13.8 Å². The summed E-state index contributed by atoms with van der Waals surface area (Å²) in [6.45, 7) is 25.1. The number of hydrogen-bond donors (Lipinski definition) is 0. The molecule has 0 saturated carbocycles. The average Bonchev–Trinajstić information content (AvgIpc) is 3.58. The van der Waals surface area contributed by atoms with Crippen molar-refractivity contribution in [3.05, 3.63) is 136 Å².